The number of aromatic nitrogens is 3. The molecule has 0 bridgehead atoms. The van der Waals surface area contributed by atoms with E-state index in [1.54, 1.807) is 41.8 Å². The number of rotatable bonds is 7. The van der Waals surface area contributed by atoms with E-state index in [2.05, 4.69) is 36.5 Å². The van der Waals surface area contributed by atoms with Gasteiger partial charge in [-0.2, -0.15) is 23.4 Å². The first-order valence-electron chi connectivity index (χ1n) is 11.1. The van der Waals surface area contributed by atoms with Crippen molar-refractivity contribution in [3.8, 4) is 16.3 Å². The van der Waals surface area contributed by atoms with Crippen molar-refractivity contribution in [3.63, 3.8) is 0 Å². The standard InChI is InChI=1S/C26H17BrF3N5O2S/c27-18-9-7-16(8-10-18)15-37-21-5-2-1-4-17(21)14-31-33-25(36)20-13-24-32-19(22-6-3-11-38-22)12-23(26(28,29)30)35(24)34-20/h1-14H,15H2,(H,33,36). The third-order valence-electron chi connectivity index (χ3n) is 5.32. The average molecular weight is 600 g/mol. The number of hydrogen-bond donors (Lipinski definition) is 1. The first kappa shape index (κ1) is 25.6. The lowest BCUT2D eigenvalue weighted by atomic mass is 10.2. The Morgan fingerprint density at radius 1 is 1.11 bits per heavy atom. The fraction of sp³-hybridized carbons (Fsp3) is 0.0769. The van der Waals surface area contributed by atoms with Gasteiger partial charge in [0, 0.05) is 16.1 Å². The number of thiophene rings is 1. The summed E-state index contributed by atoms with van der Waals surface area (Å²) in [6.45, 7) is 0.327. The molecule has 38 heavy (non-hydrogen) atoms. The van der Waals surface area contributed by atoms with Crippen LogP contribution in [0.2, 0.25) is 0 Å². The molecule has 3 heterocycles. The van der Waals surface area contributed by atoms with Crippen molar-refractivity contribution in [2.45, 2.75) is 12.8 Å². The monoisotopic (exact) mass is 599 g/mol. The number of alkyl halides is 3. The highest BCUT2D eigenvalue weighted by Crippen LogP contribution is 2.33. The summed E-state index contributed by atoms with van der Waals surface area (Å²) in [6.07, 6.45) is -3.32. The van der Waals surface area contributed by atoms with Crippen molar-refractivity contribution in [2.75, 3.05) is 0 Å². The molecule has 0 saturated heterocycles. The third-order valence-corrected chi connectivity index (χ3v) is 6.74. The maximum absolute atomic E-state index is 13.7. The van der Waals surface area contributed by atoms with Crippen molar-refractivity contribution in [1.82, 2.24) is 20.0 Å². The van der Waals surface area contributed by atoms with Crippen LogP contribution in [0.1, 0.15) is 27.3 Å². The Bertz CT molecular complexity index is 1620. The van der Waals surface area contributed by atoms with Gasteiger partial charge in [0.1, 0.15) is 12.4 Å². The zero-order chi connectivity index (χ0) is 26.7. The normalized spacial score (nSPS) is 11.8. The minimum absolute atomic E-state index is 0.107. The molecule has 0 fully saturated rings. The number of carbonyl (C=O) groups excluding carboxylic acids is 1. The SMILES string of the molecule is O=C(NN=Cc1ccccc1OCc1ccc(Br)cc1)c1cc2nc(-c3cccs3)cc(C(F)(F)F)n2n1. The zero-order valence-corrected chi connectivity index (χ0v) is 21.7. The van der Waals surface area contributed by atoms with E-state index in [9.17, 15) is 18.0 Å². The quantitative estimate of drug-likeness (QED) is 0.169. The van der Waals surface area contributed by atoms with Crippen LogP contribution in [0.25, 0.3) is 16.2 Å². The Morgan fingerprint density at radius 3 is 2.63 bits per heavy atom. The van der Waals surface area contributed by atoms with E-state index in [-0.39, 0.29) is 17.0 Å². The first-order valence-corrected chi connectivity index (χ1v) is 12.8. The van der Waals surface area contributed by atoms with E-state index in [4.69, 9.17) is 4.74 Å². The van der Waals surface area contributed by atoms with E-state index in [0.717, 1.165) is 16.1 Å². The fourth-order valence-electron chi connectivity index (χ4n) is 3.52. The Morgan fingerprint density at radius 2 is 1.89 bits per heavy atom. The second kappa shape index (κ2) is 10.8. The molecule has 0 spiro atoms. The summed E-state index contributed by atoms with van der Waals surface area (Å²) in [5.74, 6) is -0.243. The summed E-state index contributed by atoms with van der Waals surface area (Å²) >= 11 is 4.65. The molecule has 3 aromatic heterocycles. The second-order valence-electron chi connectivity index (χ2n) is 7.95. The van der Waals surface area contributed by atoms with Crippen LogP contribution in [0.4, 0.5) is 13.2 Å². The second-order valence-corrected chi connectivity index (χ2v) is 9.82. The van der Waals surface area contributed by atoms with E-state index in [1.807, 2.05) is 24.3 Å². The molecule has 5 rings (SSSR count). The minimum atomic E-state index is -4.70. The van der Waals surface area contributed by atoms with Gasteiger partial charge in [-0.1, -0.05) is 46.3 Å². The summed E-state index contributed by atoms with van der Waals surface area (Å²) < 4.78 is 48.7. The van der Waals surface area contributed by atoms with E-state index in [0.29, 0.717) is 27.3 Å². The van der Waals surface area contributed by atoms with Crippen LogP contribution in [0.15, 0.2) is 87.8 Å². The van der Waals surface area contributed by atoms with Crippen LogP contribution in [0, 0.1) is 0 Å². The van der Waals surface area contributed by atoms with Crippen molar-refractivity contribution in [2.24, 2.45) is 5.10 Å². The number of nitrogens with zero attached hydrogens (tertiary/aromatic N) is 4. The van der Waals surface area contributed by atoms with Gasteiger partial charge in [-0.15, -0.1) is 11.3 Å². The zero-order valence-electron chi connectivity index (χ0n) is 19.3. The summed E-state index contributed by atoms with van der Waals surface area (Å²) in [4.78, 5) is 17.5. The molecule has 0 saturated carbocycles. The predicted molar refractivity (Wildman–Crippen MR) is 141 cm³/mol. The van der Waals surface area contributed by atoms with Gasteiger partial charge in [0.25, 0.3) is 5.91 Å². The molecule has 1 amide bonds. The highest BCUT2D eigenvalue weighted by Gasteiger charge is 2.35. The fourth-order valence-corrected chi connectivity index (χ4v) is 4.47. The van der Waals surface area contributed by atoms with Gasteiger partial charge in [0.05, 0.1) is 16.8 Å². The number of hydrogen-bond acceptors (Lipinski definition) is 6. The third kappa shape index (κ3) is 5.76. The molecular weight excluding hydrogens is 583 g/mol. The van der Waals surface area contributed by atoms with Crippen LogP contribution in [-0.4, -0.2) is 26.7 Å². The highest BCUT2D eigenvalue weighted by molar-refractivity contribution is 9.10. The van der Waals surface area contributed by atoms with Gasteiger partial charge in [-0.25, -0.2) is 14.9 Å². The molecule has 192 valence electrons. The number of amides is 1. The Labute approximate surface area is 226 Å². The predicted octanol–water partition coefficient (Wildman–Crippen LogP) is 6.58. The average Bonchev–Trinajstić information content (AvgIpc) is 3.58. The lowest BCUT2D eigenvalue weighted by Crippen LogP contribution is -2.19. The van der Waals surface area contributed by atoms with Crippen LogP contribution in [0.5, 0.6) is 5.75 Å². The molecule has 0 aliphatic carbocycles. The first-order chi connectivity index (χ1) is 18.3. The molecular formula is C26H17BrF3N5O2S. The number of halogens is 4. The largest absolute Gasteiger partial charge is 0.488 e. The summed E-state index contributed by atoms with van der Waals surface area (Å²) in [7, 11) is 0. The van der Waals surface area contributed by atoms with E-state index in [1.165, 1.54) is 23.6 Å². The maximum Gasteiger partial charge on any atom is 0.433 e. The van der Waals surface area contributed by atoms with Gasteiger partial charge in [0.2, 0.25) is 0 Å². The molecule has 1 N–H and O–H groups in total. The van der Waals surface area contributed by atoms with Crippen molar-refractivity contribution < 1.29 is 22.7 Å². The molecule has 12 heteroatoms. The van der Waals surface area contributed by atoms with Crippen LogP contribution in [-0.2, 0) is 12.8 Å². The number of fused-ring (bicyclic) bond motifs is 1. The Balaban J connectivity index is 1.33. The minimum Gasteiger partial charge on any atom is -0.488 e. The maximum atomic E-state index is 13.7. The van der Waals surface area contributed by atoms with Crippen molar-refractivity contribution in [1.29, 1.82) is 0 Å². The number of para-hydroxylation sites is 1. The number of nitrogens with one attached hydrogen (secondary N) is 1. The Kier molecular flexibility index (Phi) is 7.25. The molecule has 2 aromatic carbocycles. The van der Waals surface area contributed by atoms with Crippen molar-refractivity contribution >= 4 is 45.0 Å². The number of benzene rings is 2. The highest BCUT2D eigenvalue weighted by atomic mass is 79.9. The number of carbonyl (C=O) groups is 1. The van der Waals surface area contributed by atoms with Gasteiger partial charge in [0.15, 0.2) is 17.0 Å². The Hall–Kier alpha value is -4.03. The molecule has 0 unspecified atom stereocenters. The van der Waals surface area contributed by atoms with Crippen LogP contribution < -0.4 is 10.2 Å². The molecule has 0 aliphatic heterocycles. The lowest BCUT2D eigenvalue weighted by Gasteiger charge is -2.10. The number of hydrazone groups is 1. The summed E-state index contributed by atoms with van der Waals surface area (Å²) in [5.41, 5.74) is 2.61. The van der Waals surface area contributed by atoms with Crippen LogP contribution >= 0.6 is 27.3 Å². The van der Waals surface area contributed by atoms with Gasteiger partial charge in [-0.3, -0.25) is 4.79 Å². The molecule has 0 radical (unpaired) electrons. The van der Waals surface area contributed by atoms with Gasteiger partial charge >= 0.3 is 6.18 Å². The molecule has 0 aliphatic rings. The number of ether oxygens (including phenoxy) is 1. The van der Waals surface area contributed by atoms with E-state index < -0.39 is 17.8 Å². The summed E-state index contributed by atoms with van der Waals surface area (Å²) in [6, 6.07) is 20.3. The van der Waals surface area contributed by atoms with Gasteiger partial charge < -0.3 is 4.74 Å². The lowest BCUT2D eigenvalue weighted by molar-refractivity contribution is -0.142. The molecule has 5 aromatic rings. The van der Waals surface area contributed by atoms with Gasteiger partial charge in [-0.05, 0) is 47.3 Å². The summed E-state index contributed by atoms with van der Waals surface area (Å²) in [5, 5.41) is 9.52. The van der Waals surface area contributed by atoms with Crippen molar-refractivity contribution in [3.05, 3.63) is 105 Å². The van der Waals surface area contributed by atoms with E-state index >= 15 is 0 Å². The molecule has 0 atom stereocenters. The smallest absolute Gasteiger partial charge is 0.433 e. The topological polar surface area (TPSA) is 80.9 Å². The molecule has 7 nitrogen and oxygen atoms in total. The van der Waals surface area contributed by atoms with Crippen LogP contribution in [0.3, 0.4) is 0 Å².